The summed E-state index contributed by atoms with van der Waals surface area (Å²) < 4.78 is 0. The fourth-order valence-corrected chi connectivity index (χ4v) is 4.14. The molecule has 1 aromatic rings. The first-order chi connectivity index (χ1) is 8.19. The van der Waals surface area contributed by atoms with Gasteiger partial charge in [0.15, 0.2) is 0 Å². The molecule has 17 heavy (non-hydrogen) atoms. The minimum absolute atomic E-state index is 0.0386. The van der Waals surface area contributed by atoms with Crippen LogP contribution < -0.4 is 0 Å². The molecule has 3 aliphatic carbocycles. The SMILES string of the molecule is CCc1ccccc1C12CCC(C1)C2C(=O)O. The Hall–Kier alpha value is -1.31. The third-order valence-electron chi connectivity index (χ3n) is 4.86. The summed E-state index contributed by atoms with van der Waals surface area (Å²) in [5, 5.41) is 9.40. The molecule has 3 aliphatic rings. The van der Waals surface area contributed by atoms with Gasteiger partial charge in [0.25, 0.3) is 0 Å². The van der Waals surface area contributed by atoms with Crippen LogP contribution >= 0.6 is 0 Å². The molecule has 1 N–H and O–H groups in total. The molecule has 3 saturated carbocycles. The predicted molar refractivity (Wildman–Crippen MR) is 66.0 cm³/mol. The maximum absolute atomic E-state index is 11.4. The van der Waals surface area contributed by atoms with E-state index in [9.17, 15) is 9.90 Å². The van der Waals surface area contributed by atoms with Crippen molar-refractivity contribution in [2.24, 2.45) is 11.8 Å². The monoisotopic (exact) mass is 230 g/mol. The van der Waals surface area contributed by atoms with Crippen LogP contribution in [0.5, 0.6) is 0 Å². The van der Waals surface area contributed by atoms with Gasteiger partial charge in [-0.3, -0.25) is 4.79 Å². The molecule has 0 spiro atoms. The highest BCUT2D eigenvalue weighted by Crippen LogP contribution is 2.64. The molecule has 90 valence electrons. The smallest absolute Gasteiger partial charge is 0.307 e. The van der Waals surface area contributed by atoms with Crippen LogP contribution in [0.2, 0.25) is 0 Å². The van der Waals surface area contributed by atoms with Gasteiger partial charge in [-0.2, -0.15) is 0 Å². The number of hydrogen-bond donors (Lipinski definition) is 1. The van der Waals surface area contributed by atoms with E-state index < -0.39 is 5.97 Å². The van der Waals surface area contributed by atoms with Crippen molar-refractivity contribution < 1.29 is 9.90 Å². The highest BCUT2D eigenvalue weighted by atomic mass is 16.4. The zero-order valence-corrected chi connectivity index (χ0v) is 10.1. The van der Waals surface area contributed by atoms with E-state index >= 15 is 0 Å². The number of carbonyl (C=O) groups is 1. The molecule has 0 aliphatic heterocycles. The van der Waals surface area contributed by atoms with Gasteiger partial charge in [-0.15, -0.1) is 0 Å². The second-order valence-corrected chi connectivity index (χ2v) is 5.49. The summed E-state index contributed by atoms with van der Waals surface area (Å²) in [5.74, 6) is -0.294. The Bertz CT molecular complexity index is 462. The van der Waals surface area contributed by atoms with Crippen LogP contribution in [0.3, 0.4) is 0 Å². The van der Waals surface area contributed by atoms with Crippen LogP contribution in [0.15, 0.2) is 24.3 Å². The third kappa shape index (κ3) is 1.30. The molecule has 0 radical (unpaired) electrons. The lowest BCUT2D eigenvalue weighted by atomic mass is 9.56. The highest BCUT2D eigenvalue weighted by Gasteiger charge is 2.63. The van der Waals surface area contributed by atoms with Gasteiger partial charge >= 0.3 is 5.97 Å². The Kier molecular flexibility index (Phi) is 2.29. The second kappa shape index (κ2) is 3.59. The fourth-order valence-electron chi connectivity index (χ4n) is 4.14. The van der Waals surface area contributed by atoms with Crippen molar-refractivity contribution in [1.29, 1.82) is 0 Å². The minimum atomic E-state index is -0.593. The second-order valence-electron chi connectivity index (χ2n) is 5.49. The van der Waals surface area contributed by atoms with Gasteiger partial charge in [0.05, 0.1) is 5.92 Å². The van der Waals surface area contributed by atoms with E-state index in [1.807, 2.05) is 6.07 Å². The van der Waals surface area contributed by atoms with E-state index in [-0.39, 0.29) is 11.3 Å². The largest absolute Gasteiger partial charge is 0.481 e. The summed E-state index contributed by atoms with van der Waals surface area (Å²) in [4.78, 5) is 11.4. The Morgan fingerprint density at radius 3 is 2.88 bits per heavy atom. The van der Waals surface area contributed by atoms with Gasteiger partial charge in [0.1, 0.15) is 0 Å². The first-order valence-corrected chi connectivity index (χ1v) is 6.50. The van der Waals surface area contributed by atoms with Crippen molar-refractivity contribution in [3.8, 4) is 0 Å². The first kappa shape index (κ1) is 10.8. The molecule has 3 fully saturated rings. The van der Waals surface area contributed by atoms with Gasteiger partial charge in [0.2, 0.25) is 0 Å². The number of carboxylic acids is 1. The summed E-state index contributed by atoms with van der Waals surface area (Å²) in [7, 11) is 0. The van der Waals surface area contributed by atoms with Crippen LogP contribution in [0.1, 0.15) is 37.3 Å². The normalized spacial score (nSPS) is 34.4. The Morgan fingerprint density at radius 1 is 1.47 bits per heavy atom. The number of benzene rings is 1. The number of fused-ring (bicyclic) bond motifs is 1. The van der Waals surface area contributed by atoms with E-state index in [1.54, 1.807) is 0 Å². The summed E-state index contributed by atoms with van der Waals surface area (Å²) in [6.45, 7) is 2.15. The molecular weight excluding hydrogens is 212 g/mol. The average molecular weight is 230 g/mol. The maximum atomic E-state index is 11.4. The van der Waals surface area contributed by atoms with Crippen molar-refractivity contribution in [3.63, 3.8) is 0 Å². The van der Waals surface area contributed by atoms with Crippen molar-refractivity contribution in [2.45, 2.75) is 38.0 Å². The standard InChI is InChI=1S/C15H18O2/c1-2-10-5-3-4-6-12(10)15-8-7-11(9-15)13(15)14(16)17/h3-6,11,13H,2,7-9H2,1H3,(H,16,17). The molecule has 4 rings (SSSR count). The Morgan fingerprint density at radius 2 is 2.24 bits per heavy atom. The van der Waals surface area contributed by atoms with Crippen LogP contribution in [0, 0.1) is 11.8 Å². The lowest BCUT2D eigenvalue weighted by molar-refractivity contribution is -0.150. The van der Waals surface area contributed by atoms with Gasteiger partial charge in [0, 0.05) is 5.41 Å². The topological polar surface area (TPSA) is 37.3 Å². The highest BCUT2D eigenvalue weighted by molar-refractivity contribution is 5.76. The zero-order chi connectivity index (χ0) is 12.0. The fraction of sp³-hybridized carbons (Fsp3) is 0.533. The van der Waals surface area contributed by atoms with Crippen molar-refractivity contribution in [3.05, 3.63) is 35.4 Å². The maximum Gasteiger partial charge on any atom is 0.307 e. The molecule has 0 amide bonds. The van der Waals surface area contributed by atoms with E-state index in [0.29, 0.717) is 5.92 Å². The van der Waals surface area contributed by atoms with Crippen molar-refractivity contribution in [2.75, 3.05) is 0 Å². The summed E-state index contributed by atoms with van der Waals surface area (Å²) in [5.41, 5.74) is 2.60. The third-order valence-corrected chi connectivity index (χ3v) is 4.86. The number of hydrogen-bond acceptors (Lipinski definition) is 1. The number of rotatable bonds is 3. The van der Waals surface area contributed by atoms with Crippen LogP contribution in [-0.4, -0.2) is 11.1 Å². The number of carboxylic acid groups (broad SMARTS) is 1. The quantitative estimate of drug-likeness (QED) is 0.866. The first-order valence-electron chi connectivity index (χ1n) is 6.50. The predicted octanol–water partition coefficient (Wildman–Crippen LogP) is 3.00. The lowest BCUT2D eigenvalue weighted by Gasteiger charge is -2.46. The van der Waals surface area contributed by atoms with Gasteiger partial charge < -0.3 is 5.11 Å². The molecular formula is C15H18O2. The van der Waals surface area contributed by atoms with Crippen LogP contribution in [-0.2, 0) is 16.6 Å². The molecule has 0 heterocycles. The summed E-state index contributed by atoms with van der Waals surface area (Å²) >= 11 is 0. The molecule has 0 saturated heterocycles. The van der Waals surface area contributed by atoms with E-state index in [1.165, 1.54) is 11.1 Å². The zero-order valence-electron chi connectivity index (χ0n) is 10.1. The Labute approximate surface area is 102 Å². The van der Waals surface area contributed by atoms with Crippen molar-refractivity contribution >= 4 is 5.97 Å². The lowest BCUT2D eigenvalue weighted by Crippen LogP contribution is -2.48. The molecule has 3 atom stereocenters. The number of aliphatic carboxylic acids is 1. The van der Waals surface area contributed by atoms with Crippen LogP contribution in [0.25, 0.3) is 0 Å². The molecule has 0 aromatic heterocycles. The van der Waals surface area contributed by atoms with Crippen molar-refractivity contribution in [1.82, 2.24) is 0 Å². The number of aryl methyl sites for hydroxylation is 1. The van der Waals surface area contributed by atoms with E-state index in [0.717, 1.165) is 25.7 Å². The van der Waals surface area contributed by atoms with Crippen LogP contribution in [0.4, 0.5) is 0 Å². The molecule has 2 heteroatoms. The average Bonchev–Trinajstić information content (AvgIpc) is 2.87. The molecule has 1 aromatic carbocycles. The summed E-state index contributed by atoms with van der Waals surface area (Å²) in [6, 6.07) is 8.40. The van der Waals surface area contributed by atoms with Gasteiger partial charge in [-0.1, -0.05) is 31.2 Å². The van der Waals surface area contributed by atoms with E-state index in [4.69, 9.17) is 0 Å². The minimum Gasteiger partial charge on any atom is -0.481 e. The van der Waals surface area contributed by atoms with E-state index in [2.05, 4.69) is 25.1 Å². The summed E-state index contributed by atoms with van der Waals surface area (Å²) in [6.07, 6.45) is 4.23. The Balaban J connectivity index is 2.06. The van der Waals surface area contributed by atoms with Gasteiger partial charge in [-0.25, -0.2) is 0 Å². The molecule has 2 bridgehead atoms. The van der Waals surface area contributed by atoms with Gasteiger partial charge in [-0.05, 0) is 42.7 Å². The molecule has 3 unspecified atom stereocenters. The molecule has 2 nitrogen and oxygen atoms in total.